The maximum atomic E-state index is 11.2. The number of carbonyl (C=O) groups is 1. The van der Waals surface area contributed by atoms with E-state index in [1.165, 1.54) is 43.9 Å². The van der Waals surface area contributed by atoms with E-state index < -0.39 is 5.91 Å². The molecule has 1 aromatic heterocycles. The van der Waals surface area contributed by atoms with Crippen LogP contribution in [0.5, 0.6) is 11.6 Å². The highest BCUT2D eigenvalue weighted by molar-refractivity contribution is 5.92. The Hall–Kier alpha value is -2.44. The molecule has 1 aliphatic carbocycles. The number of primary amides is 1. The van der Waals surface area contributed by atoms with Gasteiger partial charge in [0.05, 0.1) is 5.56 Å². The van der Waals surface area contributed by atoms with Gasteiger partial charge in [-0.2, -0.15) is 0 Å². The van der Waals surface area contributed by atoms with E-state index in [1.54, 1.807) is 12.1 Å². The summed E-state index contributed by atoms with van der Waals surface area (Å²) in [6.45, 7) is 4.35. The highest BCUT2D eigenvalue weighted by Crippen LogP contribution is 2.39. The number of hydrogen-bond donors (Lipinski definition) is 2. The zero-order valence-electron chi connectivity index (χ0n) is 16.8. The summed E-state index contributed by atoms with van der Waals surface area (Å²) in [5.41, 5.74) is 7.01. The van der Waals surface area contributed by atoms with Gasteiger partial charge in [-0.3, -0.25) is 9.69 Å². The van der Waals surface area contributed by atoms with E-state index in [-0.39, 0.29) is 0 Å². The fourth-order valence-electron chi connectivity index (χ4n) is 4.63. The lowest BCUT2D eigenvalue weighted by Gasteiger charge is -2.41. The first kappa shape index (κ1) is 19.9. The van der Waals surface area contributed by atoms with Gasteiger partial charge >= 0.3 is 0 Å². The molecule has 29 heavy (non-hydrogen) atoms. The minimum absolute atomic E-state index is 0.374. The zero-order chi connectivity index (χ0) is 20.1. The van der Waals surface area contributed by atoms with Crippen LogP contribution < -0.4 is 15.8 Å². The van der Waals surface area contributed by atoms with Gasteiger partial charge in [-0.05, 0) is 42.5 Å². The van der Waals surface area contributed by atoms with Crippen molar-refractivity contribution >= 4 is 5.91 Å². The summed E-state index contributed by atoms with van der Waals surface area (Å²) in [6.07, 6.45) is 8.16. The standard InChI is InChI=1S/C23H30N4O2/c24-23(28)19-8-11-21(26-16-19)29-20-9-6-18(7-10-20)22(17-4-2-1-3-5-17)27-14-12-25-13-15-27/h6-11,16-17,22,25H,1-5,12-15H2,(H2,24,28). The van der Waals surface area contributed by atoms with Gasteiger partial charge in [-0.1, -0.05) is 31.4 Å². The number of benzene rings is 1. The third-order valence-electron chi connectivity index (χ3n) is 6.11. The summed E-state index contributed by atoms with van der Waals surface area (Å²) < 4.78 is 5.85. The lowest BCUT2D eigenvalue weighted by molar-refractivity contribution is 0.1000. The Morgan fingerprint density at radius 2 is 1.79 bits per heavy atom. The molecule has 0 bridgehead atoms. The normalized spacial score (nSPS) is 19.6. The van der Waals surface area contributed by atoms with Gasteiger partial charge in [0, 0.05) is 44.5 Å². The molecule has 1 amide bonds. The van der Waals surface area contributed by atoms with Gasteiger partial charge in [0.1, 0.15) is 5.75 Å². The van der Waals surface area contributed by atoms with Crippen LogP contribution in [0.25, 0.3) is 0 Å². The topological polar surface area (TPSA) is 80.5 Å². The fourth-order valence-corrected chi connectivity index (χ4v) is 4.63. The lowest BCUT2D eigenvalue weighted by Crippen LogP contribution is -2.47. The quantitative estimate of drug-likeness (QED) is 0.784. The smallest absolute Gasteiger partial charge is 0.250 e. The first-order chi connectivity index (χ1) is 14.2. The van der Waals surface area contributed by atoms with Crippen molar-refractivity contribution in [1.29, 1.82) is 0 Å². The number of hydrogen-bond acceptors (Lipinski definition) is 5. The molecule has 6 nitrogen and oxygen atoms in total. The van der Waals surface area contributed by atoms with Crippen molar-refractivity contribution in [2.24, 2.45) is 11.7 Å². The molecule has 4 rings (SSSR count). The van der Waals surface area contributed by atoms with Crippen LogP contribution in [-0.2, 0) is 0 Å². The van der Waals surface area contributed by atoms with Gasteiger partial charge in [0.25, 0.3) is 0 Å². The summed E-state index contributed by atoms with van der Waals surface area (Å²) in [4.78, 5) is 18.0. The molecule has 1 saturated heterocycles. The van der Waals surface area contributed by atoms with Crippen LogP contribution in [0, 0.1) is 5.92 Å². The number of nitrogens with two attached hydrogens (primary N) is 1. The second kappa shape index (κ2) is 9.37. The maximum absolute atomic E-state index is 11.2. The zero-order valence-corrected chi connectivity index (χ0v) is 16.8. The van der Waals surface area contributed by atoms with Crippen LogP contribution in [0.4, 0.5) is 0 Å². The number of aromatic nitrogens is 1. The number of pyridine rings is 1. The molecule has 154 valence electrons. The molecule has 2 heterocycles. The van der Waals surface area contributed by atoms with Crippen LogP contribution in [-0.4, -0.2) is 42.0 Å². The summed E-state index contributed by atoms with van der Waals surface area (Å²) in [6, 6.07) is 12.2. The van der Waals surface area contributed by atoms with Crippen molar-refractivity contribution in [2.75, 3.05) is 26.2 Å². The Balaban J connectivity index is 1.49. The summed E-state index contributed by atoms with van der Waals surface area (Å²) in [5, 5.41) is 3.47. The average Bonchev–Trinajstić information content (AvgIpc) is 2.77. The van der Waals surface area contributed by atoms with E-state index in [4.69, 9.17) is 10.5 Å². The average molecular weight is 395 g/mol. The predicted molar refractivity (Wildman–Crippen MR) is 113 cm³/mol. The molecule has 1 aromatic carbocycles. The number of nitrogens with zero attached hydrogens (tertiary/aromatic N) is 2. The molecule has 2 fully saturated rings. The molecular weight excluding hydrogens is 364 g/mol. The highest BCUT2D eigenvalue weighted by atomic mass is 16.5. The molecule has 2 aromatic rings. The van der Waals surface area contributed by atoms with E-state index in [9.17, 15) is 4.79 Å². The van der Waals surface area contributed by atoms with E-state index >= 15 is 0 Å². The fraction of sp³-hybridized carbons (Fsp3) is 0.478. The Morgan fingerprint density at radius 1 is 1.07 bits per heavy atom. The Kier molecular flexibility index (Phi) is 6.42. The Bertz CT molecular complexity index is 777. The minimum Gasteiger partial charge on any atom is -0.439 e. The van der Waals surface area contributed by atoms with Gasteiger partial charge in [-0.25, -0.2) is 4.98 Å². The molecule has 1 saturated carbocycles. The predicted octanol–water partition coefficient (Wildman–Crippen LogP) is 3.50. The molecule has 3 N–H and O–H groups in total. The number of amides is 1. The van der Waals surface area contributed by atoms with Gasteiger partial charge in [0.15, 0.2) is 0 Å². The molecule has 1 aliphatic heterocycles. The second-order valence-electron chi connectivity index (χ2n) is 8.05. The van der Waals surface area contributed by atoms with Crippen molar-refractivity contribution in [3.8, 4) is 11.6 Å². The van der Waals surface area contributed by atoms with Gasteiger partial charge in [0.2, 0.25) is 11.8 Å². The van der Waals surface area contributed by atoms with Crippen LogP contribution in [0.1, 0.15) is 54.1 Å². The summed E-state index contributed by atoms with van der Waals surface area (Å²) >= 11 is 0. The highest BCUT2D eigenvalue weighted by Gasteiger charge is 2.30. The summed E-state index contributed by atoms with van der Waals surface area (Å²) in [5.74, 6) is 1.44. The van der Waals surface area contributed by atoms with E-state index in [0.717, 1.165) is 37.8 Å². The van der Waals surface area contributed by atoms with Crippen LogP contribution in [0.2, 0.25) is 0 Å². The van der Waals surface area contributed by atoms with Crippen LogP contribution in [0.3, 0.4) is 0 Å². The van der Waals surface area contributed by atoms with E-state index in [0.29, 0.717) is 17.5 Å². The molecule has 0 spiro atoms. The Labute approximate surface area is 172 Å². The molecule has 1 unspecified atom stereocenters. The number of piperazine rings is 1. The Morgan fingerprint density at radius 3 is 2.41 bits per heavy atom. The second-order valence-corrected chi connectivity index (χ2v) is 8.05. The molecule has 0 radical (unpaired) electrons. The van der Waals surface area contributed by atoms with Crippen molar-refractivity contribution in [3.05, 3.63) is 53.7 Å². The molecule has 6 heteroatoms. The largest absolute Gasteiger partial charge is 0.439 e. The number of rotatable bonds is 6. The molecular formula is C23H30N4O2. The third kappa shape index (κ3) is 4.95. The molecule has 2 aliphatic rings. The van der Waals surface area contributed by atoms with Gasteiger partial charge in [-0.15, -0.1) is 0 Å². The third-order valence-corrected chi connectivity index (χ3v) is 6.11. The van der Waals surface area contributed by atoms with Crippen molar-refractivity contribution in [2.45, 2.75) is 38.1 Å². The minimum atomic E-state index is -0.491. The maximum Gasteiger partial charge on any atom is 0.250 e. The monoisotopic (exact) mass is 394 g/mol. The van der Waals surface area contributed by atoms with Crippen molar-refractivity contribution < 1.29 is 9.53 Å². The first-order valence-corrected chi connectivity index (χ1v) is 10.7. The van der Waals surface area contributed by atoms with Gasteiger partial charge < -0.3 is 15.8 Å². The van der Waals surface area contributed by atoms with Crippen molar-refractivity contribution in [3.63, 3.8) is 0 Å². The van der Waals surface area contributed by atoms with E-state index in [2.05, 4.69) is 27.3 Å². The van der Waals surface area contributed by atoms with Crippen molar-refractivity contribution in [1.82, 2.24) is 15.2 Å². The molecule has 1 atom stereocenters. The SMILES string of the molecule is NC(=O)c1ccc(Oc2ccc(C(C3CCCCC3)N3CCNCC3)cc2)nc1. The number of carbonyl (C=O) groups excluding carboxylic acids is 1. The lowest BCUT2D eigenvalue weighted by atomic mass is 9.80. The van der Waals surface area contributed by atoms with Crippen LogP contribution in [0.15, 0.2) is 42.6 Å². The summed E-state index contributed by atoms with van der Waals surface area (Å²) in [7, 11) is 0. The van der Waals surface area contributed by atoms with Crippen LogP contribution >= 0.6 is 0 Å². The van der Waals surface area contributed by atoms with E-state index in [1.807, 2.05) is 12.1 Å². The number of nitrogens with one attached hydrogen (secondary N) is 1. The first-order valence-electron chi connectivity index (χ1n) is 10.7. The number of ether oxygens (including phenoxy) is 1.